The van der Waals surface area contributed by atoms with Gasteiger partial charge >= 0.3 is 0 Å². The molecular formula is C13H14ClN3S. The Balaban J connectivity index is 2.27. The predicted octanol–water partition coefficient (Wildman–Crippen LogP) is 3.17. The van der Waals surface area contributed by atoms with Gasteiger partial charge in [0.1, 0.15) is 11.4 Å². The Morgan fingerprint density at radius 1 is 1.39 bits per heavy atom. The fourth-order valence-electron chi connectivity index (χ4n) is 1.59. The molecule has 1 aromatic heterocycles. The number of benzene rings is 1. The summed E-state index contributed by atoms with van der Waals surface area (Å²) in [6.07, 6.45) is 4.09. The topological polar surface area (TPSA) is 51.8 Å². The molecule has 0 aliphatic heterocycles. The summed E-state index contributed by atoms with van der Waals surface area (Å²) in [4.78, 5) is 9.20. The Morgan fingerprint density at radius 3 is 2.89 bits per heavy atom. The molecule has 0 radical (unpaired) electrons. The van der Waals surface area contributed by atoms with E-state index >= 15 is 0 Å². The van der Waals surface area contributed by atoms with Crippen molar-refractivity contribution < 1.29 is 0 Å². The van der Waals surface area contributed by atoms with E-state index in [9.17, 15) is 0 Å². The fraction of sp³-hybridized carbons (Fsp3) is 0.231. The highest BCUT2D eigenvalue weighted by Gasteiger charge is 2.08. The molecule has 0 bridgehead atoms. The van der Waals surface area contributed by atoms with E-state index in [0.717, 1.165) is 21.4 Å². The fourth-order valence-corrected chi connectivity index (χ4v) is 2.75. The molecule has 0 spiro atoms. The lowest BCUT2D eigenvalue weighted by Crippen LogP contribution is -2.18. The summed E-state index contributed by atoms with van der Waals surface area (Å²) in [6.45, 7) is 1.99. The maximum atomic E-state index is 6.04. The first kappa shape index (κ1) is 13.3. The molecule has 1 atom stereocenters. The van der Waals surface area contributed by atoms with Crippen molar-refractivity contribution in [2.24, 2.45) is 5.73 Å². The monoisotopic (exact) mass is 279 g/mol. The van der Waals surface area contributed by atoms with Crippen LogP contribution in [0.15, 0.2) is 46.7 Å². The second-order valence-electron chi connectivity index (χ2n) is 4.08. The van der Waals surface area contributed by atoms with Crippen LogP contribution in [0.2, 0.25) is 5.02 Å². The van der Waals surface area contributed by atoms with E-state index in [4.69, 9.17) is 17.3 Å². The second kappa shape index (κ2) is 6.18. The maximum Gasteiger partial charge on any atom is 0.116 e. The summed E-state index contributed by atoms with van der Waals surface area (Å²) < 4.78 is 0. The van der Waals surface area contributed by atoms with Crippen molar-refractivity contribution in [3.8, 4) is 0 Å². The molecule has 3 nitrogen and oxygen atoms in total. The van der Waals surface area contributed by atoms with Gasteiger partial charge in [-0.05, 0) is 37.1 Å². The molecule has 1 aromatic carbocycles. The van der Waals surface area contributed by atoms with E-state index in [-0.39, 0.29) is 6.04 Å². The summed E-state index contributed by atoms with van der Waals surface area (Å²) in [5.41, 5.74) is 7.05. The number of nitrogens with zero attached hydrogens (tertiary/aromatic N) is 2. The van der Waals surface area contributed by atoms with E-state index in [1.165, 1.54) is 11.9 Å². The average molecular weight is 280 g/mol. The third-order valence-corrected chi connectivity index (χ3v) is 3.63. The number of nitrogens with two attached hydrogens (primary N) is 1. The number of hydrogen-bond donors (Lipinski definition) is 1. The van der Waals surface area contributed by atoms with Crippen molar-refractivity contribution in [3.05, 3.63) is 47.4 Å². The molecule has 2 aromatic rings. The smallest absolute Gasteiger partial charge is 0.116 e. The highest BCUT2D eigenvalue weighted by molar-refractivity contribution is 7.99. The largest absolute Gasteiger partial charge is 0.328 e. The average Bonchev–Trinajstić information content (AvgIpc) is 2.33. The normalized spacial score (nSPS) is 12.4. The first-order valence-corrected chi connectivity index (χ1v) is 6.82. The predicted molar refractivity (Wildman–Crippen MR) is 75.0 cm³/mol. The standard InChI is InChI=1S/C13H14ClN3S/c1-9(15)6-10-2-3-11(14)7-12(10)18-13-4-5-16-8-17-13/h2-5,7-9H,6,15H2,1H3. The summed E-state index contributed by atoms with van der Waals surface area (Å²) in [5.74, 6) is 0. The highest BCUT2D eigenvalue weighted by atomic mass is 35.5. The van der Waals surface area contributed by atoms with Crippen LogP contribution in [0.1, 0.15) is 12.5 Å². The van der Waals surface area contributed by atoms with Gasteiger partial charge < -0.3 is 5.73 Å². The molecule has 1 heterocycles. The Bertz CT molecular complexity index is 517. The molecule has 18 heavy (non-hydrogen) atoms. The minimum absolute atomic E-state index is 0.121. The van der Waals surface area contributed by atoms with Crippen LogP contribution in [0.4, 0.5) is 0 Å². The number of halogens is 1. The van der Waals surface area contributed by atoms with Gasteiger partial charge in [0.25, 0.3) is 0 Å². The number of aromatic nitrogens is 2. The zero-order valence-corrected chi connectivity index (χ0v) is 11.6. The molecule has 1 unspecified atom stereocenters. The summed E-state index contributed by atoms with van der Waals surface area (Å²) in [5, 5.41) is 1.62. The van der Waals surface area contributed by atoms with Crippen LogP contribution < -0.4 is 5.73 Å². The molecule has 5 heteroatoms. The summed E-state index contributed by atoms with van der Waals surface area (Å²) in [6, 6.07) is 7.86. The van der Waals surface area contributed by atoms with Crippen molar-refractivity contribution in [1.82, 2.24) is 9.97 Å². The first-order valence-electron chi connectivity index (χ1n) is 5.63. The second-order valence-corrected chi connectivity index (χ2v) is 5.58. The van der Waals surface area contributed by atoms with E-state index in [0.29, 0.717) is 0 Å². The van der Waals surface area contributed by atoms with Crippen molar-refractivity contribution in [3.63, 3.8) is 0 Å². The molecule has 0 aliphatic carbocycles. The van der Waals surface area contributed by atoms with E-state index in [1.54, 1.807) is 18.0 Å². The molecule has 2 N–H and O–H groups in total. The molecule has 0 amide bonds. The maximum absolute atomic E-state index is 6.04. The lowest BCUT2D eigenvalue weighted by Gasteiger charge is -2.11. The van der Waals surface area contributed by atoms with Gasteiger partial charge in [-0.25, -0.2) is 9.97 Å². The van der Waals surface area contributed by atoms with Gasteiger partial charge in [-0.1, -0.05) is 29.4 Å². The lowest BCUT2D eigenvalue weighted by atomic mass is 10.1. The Labute approximate surface area is 116 Å². The van der Waals surface area contributed by atoms with Crippen molar-refractivity contribution in [2.75, 3.05) is 0 Å². The molecule has 0 aliphatic rings. The van der Waals surface area contributed by atoms with Gasteiger partial charge in [0.05, 0.1) is 0 Å². The lowest BCUT2D eigenvalue weighted by molar-refractivity contribution is 0.729. The van der Waals surface area contributed by atoms with Crippen molar-refractivity contribution in [1.29, 1.82) is 0 Å². The van der Waals surface area contributed by atoms with Crippen molar-refractivity contribution in [2.45, 2.75) is 29.3 Å². The van der Waals surface area contributed by atoms with Gasteiger partial charge in [0, 0.05) is 22.2 Å². The minimum Gasteiger partial charge on any atom is -0.328 e. The van der Waals surface area contributed by atoms with Crippen LogP contribution in [-0.4, -0.2) is 16.0 Å². The van der Waals surface area contributed by atoms with Gasteiger partial charge in [0.15, 0.2) is 0 Å². The first-order chi connectivity index (χ1) is 8.65. The molecule has 0 fully saturated rings. The number of rotatable bonds is 4. The highest BCUT2D eigenvalue weighted by Crippen LogP contribution is 2.31. The van der Waals surface area contributed by atoms with Gasteiger partial charge in [0.2, 0.25) is 0 Å². The molecule has 94 valence electrons. The van der Waals surface area contributed by atoms with Crippen LogP contribution in [-0.2, 0) is 6.42 Å². The van der Waals surface area contributed by atoms with Crippen LogP contribution in [0.25, 0.3) is 0 Å². The minimum atomic E-state index is 0.121. The number of hydrogen-bond acceptors (Lipinski definition) is 4. The third-order valence-electron chi connectivity index (χ3n) is 2.34. The van der Waals surface area contributed by atoms with Gasteiger partial charge in [-0.3, -0.25) is 0 Å². The van der Waals surface area contributed by atoms with Crippen LogP contribution in [0.3, 0.4) is 0 Å². The quantitative estimate of drug-likeness (QED) is 0.874. The molecule has 0 saturated heterocycles. The van der Waals surface area contributed by atoms with Crippen LogP contribution in [0.5, 0.6) is 0 Å². The Morgan fingerprint density at radius 2 is 2.22 bits per heavy atom. The van der Waals surface area contributed by atoms with Gasteiger partial charge in [-0.2, -0.15) is 0 Å². The zero-order valence-electron chi connectivity index (χ0n) is 10.0. The Hall–Kier alpha value is -1.10. The van der Waals surface area contributed by atoms with E-state index in [2.05, 4.69) is 9.97 Å². The molecule has 0 saturated carbocycles. The summed E-state index contributed by atoms with van der Waals surface area (Å²) >= 11 is 7.62. The SMILES string of the molecule is CC(N)Cc1ccc(Cl)cc1Sc1ccncn1. The van der Waals surface area contributed by atoms with E-state index < -0.39 is 0 Å². The molecular weight excluding hydrogens is 266 g/mol. The molecule has 2 rings (SSSR count). The Kier molecular flexibility index (Phi) is 4.58. The van der Waals surface area contributed by atoms with Crippen molar-refractivity contribution >= 4 is 23.4 Å². The zero-order chi connectivity index (χ0) is 13.0. The van der Waals surface area contributed by atoms with E-state index in [1.807, 2.05) is 31.2 Å². The van der Waals surface area contributed by atoms with Crippen LogP contribution in [0, 0.1) is 0 Å². The summed E-state index contributed by atoms with van der Waals surface area (Å²) in [7, 11) is 0. The van der Waals surface area contributed by atoms with Crippen LogP contribution >= 0.6 is 23.4 Å². The van der Waals surface area contributed by atoms with Gasteiger partial charge in [-0.15, -0.1) is 0 Å². The third kappa shape index (κ3) is 3.70.